The number of piperazine rings is 1. The normalized spacial score (nSPS) is 15.6. The van der Waals surface area contributed by atoms with Crippen LogP contribution >= 0.6 is 0 Å². The average molecular weight is 192 g/mol. The summed E-state index contributed by atoms with van der Waals surface area (Å²) in [5.41, 5.74) is 2.68. The van der Waals surface area contributed by atoms with Crippen molar-refractivity contribution in [1.29, 1.82) is 0 Å². The first kappa shape index (κ1) is 11.2. The zero-order chi connectivity index (χ0) is 10.2. The summed E-state index contributed by atoms with van der Waals surface area (Å²) < 4.78 is 0. The average Bonchev–Trinajstić information content (AvgIpc) is 2.21. The second-order valence-corrected chi connectivity index (χ2v) is 3.66. The van der Waals surface area contributed by atoms with Crippen LogP contribution in [0.3, 0.4) is 0 Å². The zero-order valence-electron chi connectivity index (χ0n) is 9.14. The van der Waals surface area contributed by atoms with Gasteiger partial charge in [0.25, 0.3) is 0 Å². The van der Waals surface area contributed by atoms with Gasteiger partial charge in [-0.15, -0.1) is 0 Å². The lowest BCUT2D eigenvalue weighted by Crippen LogP contribution is -2.39. The van der Waals surface area contributed by atoms with Gasteiger partial charge in [0.05, 0.1) is 0 Å². The molecule has 2 N–H and O–H groups in total. The smallest absolute Gasteiger partial charge is 0.00772 e. The summed E-state index contributed by atoms with van der Waals surface area (Å²) in [6.45, 7) is 8.76. The summed E-state index contributed by atoms with van der Waals surface area (Å²) in [7, 11) is 0. The first-order valence-corrected chi connectivity index (χ1v) is 5.24. The van der Waals surface area contributed by atoms with Crippen molar-refractivity contribution < 1.29 is 0 Å². The van der Waals surface area contributed by atoms with Crippen LogP contribution in [0, 0.1) is 13.8 Å². The van der Waals surface area contributed by atoms with E-state index in [2.05, 4.69) is 48.7 Å². The largest absolute Gasteiger partial charge is 0.314 e. The molecule has 0 spiro atoms. The molecule has 1 aliphatic heterocycles. The van der Waals surface area contributed by atoms with E-state index in [4.69, 9.17) is 0 Å². The fourth-order valence-corrected chi connectivity index (χ4v) is 1.41. The molecule has 0 saturated carbocycles. The van der Waals surface area contributed by atoms with Crippen molar-refractivity contribution in [3.8, 4) is 0 Å². The van der Waals surface area contributed by atoms with Gasteiger partial charge in [0.15, 0.2) is 0 Å². The van der Waals surface area contributed by atoms with Crippen molar-refractivity contribution in [2.45, 2.75) is 13.8 Å². The van der Waals surface area contributed by atoms with Crippen molar-refractivity contribution in [2.24, 2.45) is 0 Å². The number of benzene rings is 1. The maximum absolute atomic E-state index is 3.22. The van der Waals surface area contributed by atoms with Crippen LogP contribution in [0.25, 0.3) is 0 Å². The molecule has 0 bridgehead atoms. The molecule has 1 saturated heterocycles. The Balaban J connectivity index is 0.000000146. The third-order valence-electron chi connectivity index (χ3n) is 2.13. The fraction of sp³-hybridized carbons (Fsp3) is 0.500. The minimum Gasteiger partial charge on any atom is -0.314 e. The topological polar surface area (TPSA) is 24.1 Å². The quantitative estimate of drug-likeness (QED) is 0.650. The molecule has 0 aromatic heterocycles. The standard InChI is InChI=1S/C8H10.C4H10N2/c1-7-4-3-5-8(2)6-7;1-2-6-4-3-5-1/h3-6H,1-2H3;5-6H,1-4H2. The lowest BCUT2D eigenvalue weighted by molar-refractivity contribution is 0.534. The molecule has 0 radical (unpaired) electrons. The Labute approximate surface area is 86.7 Å². The minimum atomic E-state index is 1.14. The van der Waals surface area contributed by atoms with Crippen LogP contribution in [0.4, 0.5) is 0 Å². The van der Waals surface area contributed by atoms with Crippen LogP contribution in [0.1, 0.15) is 11.1 Å². The number of rotatable bonds is 0. The molecule has 1 aliphatic rings. The van der Waals surface area contributed by atoms with Gasteiger partial charge in [-0.1, -0.05) is 35.4 Å². The predicted octanol–water partition coefficient (Wildman–Crippen LogP) is 1.48. The molecule has 0 unspecified atom stereocenters. The van der Waals surface area contributed by atoms with Crippen LogP contribution in [0.2, 0.25) is 0 Å². The van der Waals surface area contributed by atoms with Crippen LogP contribution in [-0.4, -0.2) is 26.2 Å². The van der Waals surface area contributed by atoms with Gasteiger partial charge in [-0.2, -0.15) is 0 Å². The van der Waals surface area contributed by atoms with Gasteiger partial charge >= 0.3 is 0 Å². The second-order valence-electron chi connectivity index (χ2n) is 3.66. The van der Waals surface area contributed by atoms with E-state index >= 15 is 0 Å². The molecule has 1 aromatic carbocycles. The third-order valence-corrected chi connectivity index (χ3v) is 2.13. The summed E-state index contributed by atoms with van der Waals surface area (Å²) >= 11 is 0. The van der Waals surface area contributed by atoms with Gasteiger partial charge in [-0.3, -0.25) is 0 Å². The summed E-state index contributed by atoms with van der Waals surface area (Å²) in [4.78, 5) is 0. The SMILES string of the molecule is C1CNCCN1.Cc1cccc(C)c1. The molecular weight excluding hydrogens is 172 g/mol. The summed E-state index contributed by atoms with van der Waals surface area (Å²) in [5.74, 6) is 0. The third kappa shape index (κ3) is 5.00. The van der Waals surface area contributed by atoms with Gasteiger partial charge in [-0.25, -0.2) is 0 Å². The molecule has 1 aromatic rings. The Hall–Kier alpha value is -0.860. The second kappa shape index (κ2) is 6.57. The molecular formula is C12H20N2. The van der Waals surface area contributed by atoms with Crippen molar-refractivity contribution in [3.05, 3.63) is 35.4 Å². The molecule has 0 aliphatic carbocycles. The fourth-order valence-electron chi connectivity index (χ4n) is 1.41. The Kier molecular flexibility index (Phi) is 5.27. The lowest BCUT2D eigenvalue weighted by Gasteiger charge is -2.11. The van der Waals surface area contributed by atoms with Crippen LogP contribution in [-0.2, 0) is 0 Å². The molecule has 78 valence electrons. The van der Waals surface area contributed by atoms with Gasteiger partial charge in [0, 0.05) is 26.2 Å². The highest BCUT2D eigenvalue weighted by molar-refractivity contribution is 5.20. The van der Waals surface area contributed by atoms with Crippen LogP contribution < -0.4 is 10.6 Å². The Morgan fingerprint density at radius 1 is 0.857 bits per heavy atom. The number of hydrogen-bond donors (Lipinski definition) is 2. The number of aryl methyl sites for hydroxylation is 2. The van der Waals surface area contributed by atoms with Crippen LogP contribution in [0.5, 0.6) is 0 Å². The van der Waals surface area contributed by atoms with Gasteiger partial charge in [0.2, 0.25) is 0 Å². The highest BCUT2D eigenvalue weighted by atomic mass is 15.0. The Bertz CT molecular complexity index is 225. The summed E-state index contributed by atoms with van der Waals surface area (Å²) in [5, 5.41) is 6.44. The van der Waals surface area contributed by atoms with Crippen LogP contribution in [0.15, 0.2) is 24.3 Å². The Morgan fingerprint density at radius 2 is 1.29 bits per heavy atom. The maximum Gasteiger partial charge on any atom is 0.00772 e. The van der Waals surface area contributed by atoms with E-state index in [9.17, 15) is 0 Å². The van der Waals surface area contributed by atoms with Crippen molar-refractivity contribution >= 4 is 0 Å². The molecule has 0 atom stereocenters. The lowest BCUT2D eigenvalue weighted by atomic mass is 10.2. The van der Waals surface area contributed by atoms with Crippen molar-refractivity contribution in [3.63, 3.8) is 0 Å². The van der Waals surface area contributed by atoms with E-state index in [-0.39, 0.29) is 0 Å². The molecule has 0 amide bonds. The molecule has 1 heterocycles. The number of nitrogens with one attached hydrogen (secondary N) is 2. The number of hydrogen-bond acceptors (Lipinski definition) is 2. The van der Waals surface area contributed by atoms with Gasteiger partial charge < -0.3 is 10.6 Å². The summed E-state index contributed by atoms with van der Waals surface area (Å²) in [6, 6.07) is 8.45. The van der Waals surface area contributed by atoms with E-state index in [1.54, 1.807) is 0 Å². The molecule has 2 nitrogen and oxygen atoms in total. The van der Waals surface area contributed by atoms with E-state index < -0.39 is 0 Å². The minimum absolute atomic E-state index is 1.14. The highest BCUT2D eigenvalue weighted by Crippen LogP contribution is 2.00. The first-order chi connectivity index (χ1) is 6.79. The van der Waals surface area contributed by atoms with Gasteiger partial charge in [0.1, 0.15) is 0 Å². The van der Waals surface area contributed by atoms with Crippen molar-refractivity contribution in [2.75, 3.05) is 26.2 Å². The molecule has 2 rings (SSSR count). The predicted molar refractivity (Wildman–Crippen MR) is 61.7 cm³/mol. The van der Waals surface area contributed by atoms with Crippen molar-refractivity contribution in [1.82, 2.24) is 10.6 Å². The maximum atomic E-state index is 3.22. The zero-order valence-corrected chi connectivity index (χ0v) is 9.14. The molecule has 14 heavy (non-hydrogen) atoms. The highest BCUT2D eigenvalue weighted by Gasteiger charge is 1.91. The van der Waals surface area contributed by atoms with E-state index in [1.165, 1.54) is 11.1 Å². The van der Waals surface area contributed by atoms with E-state index in [0.717, 1.165) is 26.2 Å². The Morgan fingerprint density at radius 3 is 1.50 bits per heavy atom. The molecule has 1 fully saturated rings. The van der Waals surface area contributed by atoms with E-state index in [0.29, 0.717) is 0 Å². The first-order valence-electron chi connectivity index (χ1n) is 5.24. The molecule has 2 heteroatoms. The van der Waals surface area contributed by atoms with Gasteiger partial charge in [-0.05, 0) is 13.8 Å². The van der Waals surface area contributed by atoms with E-state index in [1.807, 2.05) is 0 Å². The summed E-state index contributed by atoms with van der Waals surface area (Å²) in [6.07, 6.45) is 0. The monoisotopic (exact) mass is 192 g/mol.